The summed E-state index contributed by atoms with van der Waals surface area (Å²) in [6, 6.07) is 42.0. The maximum Gasteiger partial charge on any atom is 0.120 e. The molecule has 44 heavy (non-hydrogen) atoms. The third-order valence-corrected chi connectivity index (χ3v) is 9.57. The molecule has 0 bridgehead atoms. The molecule has 3 aromatic heterocycles. The summed E-state index contributed by atoms with van der Waals surface area (Å²) in [7, 11) is -1.37. The molecular weight excluding hydrogens is 733 g/mol. The van der Waals surface area contributed by atoms with Crippen LogP contribution in [0.2, 0.25) is 19.6 Å². The van der Waals surface area contributed by atoms with Gasteiger partial charge in [-0.1, -0.05) is 109 Å². The first-order valence-corrected chi connectivity index (χ1v) is 18.1. The predicted molar refractivity (Wildman–Crippen MR) is 182 cm³/mol. The maximum absolute atomic E-state index is 6.24. The molecule has 0 amide bonds. The molecule has 0 aliphatic heterocycles. The Labute approximate surface area is 274 Å². The fraction of sp³-hybridized carbons (Fsp3) is 0.128. The number of nitrogens with zero attached hydrogens (tertiary/aromatic N) is 2. The summed E-state index contributed by atoms with van der Waals surface area (Å²) < 4.78 is 6.24. The molecule has 4 aromatic carbocycles. The number of aryl methyl sites for hydroxylation is 2. The number of pyridine rings is 2. The smallest absolute Gasteiger partial charge is 0.120 e. The normalized spacial score (nSPS) is 11.1. The van der Waals surface area contributed by atoms with Crippen LogP contribution in [-0.4, -0.2) is 18.0 Å². The summed E-state index contributed by atoms with van der Waals surface area (Å²) in [6.07, 6.45) is 3.65. The molecule has 0 spiro atoms. The maximum atomic E-state index is 6.24. The number of fused-ring (bicyclic) bond motifs is 3. The Hall–Kier alpha value is -4.15. The molecule has 0 saturated heterocycles. The predicted octanol–water partition coefficient (Wildman–Crippen LogP) is 9.82. The fourth-order valence-electron chi connectivity index (χ4n) is 5.22. The third-order valence-electron chi connectivity index (χ3n) is 7.52. The Morgan fingerprint density at radius 2 is 1.45 bits per heavy atom. The molecule has 3 nitrogen and oxygen atoms in total. The van der Waals surface area contributed by atoms with Crippen LogP contribution in [0.1, 0.15) is 11.1 Å². The van der Waals surface area contributed by atoms with Crippen molar-refractivity contribution in [3.8, 4) is 33.6 Å². The number of hydrogen-bond donors (Lipinski definition) is 0. The molecule has 3 heterocycles. The summed E-state index contributed by atoms with van der Waals surface area (Å²) in [4.78, 5) is 8.90. The molecule has 0 unspecified atom stereocenters. The number of benzene rings is 4. The molecule has 0 atom stereocenters. The Balaban J connectivity index is 0.000000179. The summed E-state index contributed by atoms with van der Waals surface area (Å²) in [6.45, 7) is 11.3. The number of aromatic nitrogens is 2. The van der Waals surface area contributed by atoms with E-state index < -0.39 is 8.07 Å². The molecule has 0 fully saturated rings. The summed E-state index contributed by atoms with van der Waals surface area (Å²) >= 11 is 0. The third kappa shape index (κ3) is 6.81. The molecule has 221 valence electrons. The van der Waals surface area contributed by atoms with Crippen molar-refractivity contribution >= 4 is 35.2 Å². The average Bonchev–Trinajstić information content (AvgIpc) is 3.39. The molecule has 0 aliphatic carbocycles. The monoisotopic (exact) mass is 767 g/mol. The van der Waals surface area contributed by atoms with Gasteiger partial charge < -0.3 is 14.4 Å². The van der Waals surface area contributed by atoms with Crippen LogP contribution in [0.3, 0.4) is 0 Å². The van der Waals surface area contributed by atoms with E-state index in [0.29, 0.717) is 0 Å². The van der Waals surface area contributed by atoms with Crippen molar-refractivity contribution in [2.75, 3.05) is 0 Å². The first kappa shape index (κ1) is 31.3. The Kier molecular flexibility index (Phi) is 9.41. The molecular formula is C39H34IrN2OSi-2. The van der Waals surface area contributed by atoms with Crippen LogP contribution in [0.25, 0.3) is 55.6 Å². The van der Waals surface area contributed by atoms with Gasteiger partial charge in [0.1, 0.15) is 5.58 Å². The van der Waals surface area contributed by atoms with Crippen molar-refractivity contribution in [2.45, 2.75) is 33.5 Å². The number of furan rings is 1. The minimum atomic E-state index is -1.37. The van der Waals surface area contributed by atoms with Gasteiger partial charge in [0.25, 0.3) is 0 Å². The van der Waals surface area contributed by atoms with Crippen molar-refractivity contribution in [3.63, 3.8) is 0 Å². The van der Waals surface area contributed by atoms with Crippen LogP contribution in [0, 0.1) is 26.0 Å². The van der Waals surface area contributed by atoms with E-state index in [2.05, 4.69) is 110 Å². The Bertz CT molecular complexity index is 1970. The van der Waals surface area contributed by atoms with E-state index in [1.807, 2.05) is 54.7 Å². The molecule has 0 saturated carbocycles. The van der Waals surface area contributed by atoms with Crippen LogP contribution >= 0.6 is 0 Å². The standard InChI is InChI=1S/C22H22NOSi.C17H12N.Ir/c1-14-8-9-23-20(12-14)19-11-15(2)10-18-17-13-16(25(3,4)5)6-7-21(17)24-22(18)19;1-2-7-14(8-3-1)15-9-6-10-16(13-15)17-11-4-5-12-18-17;/h6-10,12-13H,1-5H3;1-9,11-13H;/q2*-1;. The molecule has 7 rings (SSSR count). The zero-order chi connectivity index (χ0) is 30.0. The summed E-state index contributed by atoms with van der Waals surface area (Å²) in [5.41, 5.74) is 10.3. The van der Waals surface area contributed by atoms with Crippen molar-refractivity contribution in [2.24, 2.45) is 0 Å². The van der Waals surface area contributed by atoms with Crippen molar-refractivity contribution in [3.05, 3.63) is 139 Å². The van der Waals surface area contributed by atoms with Crippen LogP contribution in [0.5, 0.6) is 0 Å². The van der Waals surface area contributed by atoms with E-state index in [1.54, 1.807) is 6.20 Å². The van der Waals surface area contributed by atoms with E-state index in [-0.39, 0.29) is 20.1 Å². The van der Waals surface area contributed by atoms with Crippen LogP contribution < -0.4 is 5.19 Å². The Morgan fingerprint density at radius 1 is 0.682 bits per heavy atom. The van der Waals surface area contributed by atoms with Crippen molar-refractivity contribution in [1.82, 2.24) is 9.97 Å². The minimum absolute atomic E-state index is 0. The zero-order valence-corrected chi connectivity index (χ0v) is 29.0. The van der Waals surface area contributed by atoms with Crippen molar-refractivity contribution < 1.29 is 24.5 Å². The summed E-state index contributed by atoms with van der Waals surface area (Å²) in [5.74, 6) is 0. The van der Waals surface area contributed by atoms with E-state index in [9.17, 15) is 0 Å². The van der Waals surface area contributed by atoms with E-state index in [4.69, 9.17) is 4.42 Å². The molecule has 1 radical (unpaired) electrons. The second kappa shape index (κ2) is 13.2. The SMILES string of the molecule is Cc1[c-]c(-c2cc(C)ccn2)c2oc3ccc([Si](C)(C)C)cc3c2c1.[Ir].[c-]1ccc(-c2ccccc2)cc1-c1ccccn1. The zero-order valence-electron chi connectivity index (χ0n) is 25.6. The molecule has 5 heteroatoms. The quantitative estimate of drug-likeness (QED) is 0.132. The molecule has 0 N–H and O–H groups in total. The van der Waals surface area contributed by atoms with Crippen LogP contribution in [0.15, 0.2) is 120 Å². The van der Waals surface area contributed by atoms with Gasteiger partial charge >= 0.3 is 0 Å². The van der Waals surface area contributed by atoms with Gasteiger partial charge in [-0.05, 0) is 42.1 Å². The largest absolute Gasteiger partial charge is 0.501 e. The summed E-state index contributed by atoms with van der Waals surface area (Å²) in [5, 5.41) is 3.80. The molecule has 7 aromatic rings. The second-order valence-electron chi connectivity index (χ2n) is 11.9. The van der Waals surface area contributed by atoms with Gasteiger partial charge in [-0.25, -0.2) is 0 Å². The molecule has 0 aliphatic rings. The minimum Gasteiger partial charge on any atom is -0.501 e. The van der Waals surface area contributed by atoms with E-state index in [0.717, 1.165) is 44.6 Å². The average molecular weight is 767 g/mol. The van der Waals surface area contributed by atoms with Gasteiger partial charge in [-0.3, -0.25) is 0 Å². The van der Waals surface area contributed by atoms with Gasteiger partial charge in [0, 0.05) is 37.9 Å². The van der Waals surface area contributed by atoms with Crippen LogP contribution in [0.4, 0.5) is 0 Å². The number of hydrogen-bond acceptors (Lipinski definition) is 3. The van der Waals surface area contributed by atoms with Crippen LogP contribution in [-0.2, 0) is 20.1 Å². The first-order chi connectivity index (χ1) is 20.8. The van der Waals surface area contributed by atoms with Gasteiger partial charge in [0.15, 0.2) is 0 Å². The van der Waals surface area contributed by atoms with Gasteiger partial charge in [-0.2, -0.15) is 0 Å². The van der Waals surface area contributed by atoms with Gasteiger partial charge in [0.05, 0.1) is 13.7 Å². The van der Waals surface area contributed by atoms with Gasteiger partial charge in [0.2, 0.25) is 0 Å². The van der Waals surface area contributed by atoms with E-state index in [1.165, 1.54) is 27.3 Å². The van der Waals surface area contributed by atoms with Crippen molar-refractivity contribution in [1.29, 1.82) is 0 Å². The first-order valence-electron chi connectivity index (χ1n) is 14.6. The number of rotatable bonds is 4. The Morgan fingerprint density at radius 3 is 2.18 bits per heavy atom. The van der Waals surface area contributed by atoms with E-state index >= 15 is 0 Å². The van der Waals surface area contributed by atoms with Gasteiger partial charge in [-0.15, -0.1) is 53.1 Å². The second-order valence-corrected chi connectivity index (χ2v) is 17.0. The topological polar surface area (TPSA) is 38.9 Å². The fourth-order valence-corrected chi connectivity index (χ4v) is 6.38.